The van der Waals surface area contributed by atoms with Gasteiger partial charge in [0.2, 0.25) is 0 Å². The maximum atomic E-state index is 6.15. The van der Waals surface area contributed by atoms with Gasteiger partial charge in [-0.15, -0.1) is 0 Å². The Bertz CT molecular complexity index is 785. The minimum Gasteiger partial charge on any atom is -0.399 e. The van der Waals surface area contributed by atoms with Crippen LogP contribution in [0.3, 0.4) is 0 Å². The van der Waals surface area contributed by atoms with Crippen LogP contribution in [0.15, 0.2) is 54.8 Å². The summed E-state index contributed by atoms with van der Waals surface area (Å²) in [6, 6.07) is 8.55. The maximum absolute atomic E-state index is 6.15. The molecule has 1 aromatic carbocycles. The molecule has 3 nitrogen and oxygen atoms in total. The average Bonchev–Trinajstić information content (AvgIpc) is 3.02. The van der Waals surface area contributed by atoms with E-state index in [4.69, 9.17) is 9.31 Å². The third kappa shape index (κ3) is 2.85. The van der Waals surface area contributed by atoms with Gasteiger partial charge >= 0.3 is 7.12 Å². The highest BCUT2D eigenvalue weighted by atomic mass is 16.7. The second-order valence-corrected chi connectivity index (χ2v) is 7.42. The van der Waals surface area contributed by atoms with Crippen LogP contribution in [0, 0.1) is 0 Å². The number of hydrogen-bond donors (Lipinski definition) is 0. The number of aromatic nitrogens is 1. The highest BCUT2D eigenvalue weighted by Crippen LogP contribution is 2.36. The summed E-state index contributed by atoms with van der Waals surface area (Å²) >= 11 is 0. The van der Waals surface area contributed by atoms with Gasteiger partial charge < -0.3 is 13.9 Å². The van der Waals surface area contributed by atoms with Crippen molar-refractivity contribution in [2.45, 2.75) is 52.4 Å². The van der Waals surface area contributed by atoms with Crippen LogP contribution in [0.4, 0.5) is 0 Å². The van der Waals surface area contributed by atoms with Gasteiger partial charge in [0.05, 0.1) is 11.2 Å². The summed E-state index contributed by atoms with van der Waals surface area (Å²) in [6.45, 7) is 15.1. The van der Waals surface area contributed by atoms with Crippen molar-refractivity contribution in [2.24, 2.45) is 0 Å². The molecule has 1 aromatic heterocycles. The first kappa shape index (κ1) is 17.1. The van der Waals surface area contributed by atoms with Crippen molar-refractivity contribution in [3.05, 3.63) is 54.8 Å². The molecule has 1 saturated heterocycles. The van der Waals surface area contributed by atoms with E-state index in [0.29, 0.717) is 0 Å². The molecule has 0 atom stereocenters. The molecule has 0 radical (unpaired) electrons. The number of allylic oxidation sites excluding steroid dienone is 3. The van der Waals surface area contributed by atoms with E-state index in [0.717, 1.165) is 12.0 Å². The maximum Gasteiger partial charge on any atom is 0.494 e. The van der Waals surface area contributed by atoms with Gasteiger partial charge in [0.15, 0.2) is 0 Å². The predicted molar refractivity (Wildman–Crippen MR) is 102 cm³/mol. The molecule has 1 fully saturated rings. The van der Waals surface area contributed by atoms with Crippen LogP contribution >= 0.6 is 0 Å². The Kier molecular flexibility index (Phi) is 4.22. The van der Waals surface area contributed by atoms with E-state index in [2.05, 4.69) is 75.4 Å². The van der Waals surface area contributed by atoms with Crippen LogP contribution in [0.25, 0.3) is 10.9 Å². The molecule has 1 aliphatic heterocycles. The minimum absolute atomic E-state index is 0.316. The Morgan fingerprint density at radius 2 is 1.83 bits per heavy atom. The van der Waals surface area contributed by atoms with Gasteiger partial charge in [0.25, 0.3) is 0 Å². The van der Waals surface area contributed by atoms with E-state index in [1.165, 1.54) is 16.5 Å². The van der Waals surface area contributed by atoms with Gasteiger partial charge in [-0.05, 0) is 63.2 Å². The molecule has 24 heavy (non-hydrogen) atoms. The zero-order valence-electron chi connectivity index (χ0n) is 15.3. The molecule has 0 N–H and O–H groups in total. The van der Waals surface area contributed by atoms with Crippen molar-refractivity contribution in [1.29, 1.82) is 0 Å². The Morgan fingerprint density at radius 3 is 2.42 bits per heavy atom. The lowest BCUT2D eigenvalue weighted by Gasteiger charge is -2.32. The van der Waals surface area contributed by atoms with Gasteiger partial charge in [-0.25, -0.2) is 0 Å². The fourth-order valence-electron chi connectivity index (χ4n) is 2.95. The molecule has 0 amide bonds. The molecule has 0 saturated carbocycles. The SMILES string of the molecule is C=CC(=CC)Cn1ccc2cc(B3OC(C)(C)C(C)(C)O3)ccc21. The van der Waals surface area contributed by atoms with E-state index in [1.807, 2.05) is 13.0 Å². The standard InChI is InChI=1S/C20H26BNO2/c1-7-15(8-2)14-22-12-11-16-13-17(9-10-18(16)22)21-23-19(3,4)20(5,6)24-21/h7-13H,1,14H2,2-6H3. The molecule has 2 heterocycles. The van der Waals surface area contributed by atoms with E-state index in [-0.39, 0.29) is 18.3 Å². The summed E-state index contributed by atoms with van der Waals surface area (Å²) in [5.74, 6) is 0. The second-order valence-electron chi connectivity index (χ2n) is 7.42. The summed E-state index contributed by atoms with van der Waals surface area (Å²) in [4.78, 5) is 0. The predicted octanol–water partition coefficient (Wildman–Crippen LogP) is 4.07. The summed E-state index contributed by atoms with van der Waals surface area (Å²) in [7, 11) is -0.318. The topological polar surface area (TPSA) is 23.4 Å². The molecule has 0 spiro atoms. The number of rotatable bonds is 4. The van der Waals surface area contributed by atoms with Gasteiger partial charge in [0.1, 0.15) is 0 Å². The lowest BCUT2D eigenvalue weighted by Crippen LogP contribution is -2.41. The molecule has 0 bridgehead atoms. The zero-order chi connectivity index (χ0) is 17.5. The Labute approximate surface area is 145 Å². The molecule has 126 valence electrons. The van der Waals surface area contributed by atoms with Gasteiger partial charge in [-0.1, -0.05) is 30.9 Å². The number of fused-ring (bicyclic) bond motifs is 1. The third-order valence-electron chi connectivity index (χ3n) is 5.31. The number of benzene rings is 1. The van der Waals surface area contributed by atoms with Crippen LogP contribution in [0.2, 0.25) is 0 Å². The smallest absolute Gasteiger partial charge is 0.399 e. The molecule has 0 unspecified atom stereocenters. The van der Waals surface area contributed by atoms with Crippen molar-refractivity contribution in [3.63, 3.8) is 0 Å². The van der Waals surface area contributed by atoms with Crippen molar-refractivity contribution in [2.75, 3.05) is 0 Å². The summed E-state index contributed by atoms with van der Waals surface area (Å²) in [5.41, 5.74) is 2.85. The lowest BCUT2D eigenvalue weighted by atomic mass is 9.78. The van der Waals surface area contributed by atoms with Crippen LogP contribution in [-0.4, -0.2) is 22.9 Å². The highest BCUT2D eigenvalue weighted by Gasteiger charge is 2.51. The van der Waals surface area contributed by atoms with Crippen molar-refractivity contribution in [1.82, 2.24) is 4.57 Å². The summed E-state index contributed by atoms with van der Waals surface area (Å²) in [6.07, 6.45) is 6.12. The van der Waals surface area contributed by atoms with Crippen molar-refractivity contribution >= 4 is 23.5 Å². The quantitative estimate of drug-likeness (QED) is 0.625. The summed E-state index contributed by atoms with van der Waals surface area (Å²) < 4.78 is 14.5. The summed E-state index contributed by atoms with van der Waals surface area (Å²) in [5, 5.41) is 1.20. The van der Waals surface area contributed by atoms with Crippen molar-refractivity contribution in [3.8, 4) is 0 Å². The highest BCUT2D eigenvalue weighted by molar-refractivity contribution is 6.62. The van der Waals surface area contributed by atoms with E-state index in [1.54, 1.807) is 0 Å². The van der Waals surface area contributed by atoms with Crippen LogP contribution in [0.5, 0.6) is 0 Å². The zero-order valence-corrected chi connectivity index (χ0v) is 15.3. The molecular formula is C20H26BNO2. The fraction of sp³-hybridized carbons (Fsp3) is 0.400. The van der Waals surface area contributed by atoms with Crippen LogP contribution in [0.1, 0.15) is 34.6 Å². The number of nitrogens with zero attached hydrogens (tertiary/aromatic N) is 1. The van der Waals surface area contributed by atoms with Gasteiger partial charge in [-0.3, -0.25) is 0 Å². The Morgan fingerprint density at radius 1 is 1.17 bits per heavy atom. The molecule has 4 heteroatoms. The van der Waals surface area contributed by atoms with Crippen LogP contribution in [-0.2, 0) is 15.9 Å². The monoisotopic (exact) mass is 323 g/mol. The Balaban J connectivity index is 1.90. The molecular weight excluding hydrogens is 297 g/mol. The van der Waals surface area contributed by atoms with Crippen molar-refractivity contribution < 1.29 is 9.31 Å². The van der Waals surface area contributed by atoms with Crippen LogP contribution < -0.4 is 5.46 Å². The number of hydrogen-bond acceptors (Lipinski definition) is 2. The first-order chi connectivity index (χ1) is 11.3. The first-order valence-corrected chi connectivity index (χ1v) is 8.49. The normalized spacial score (nSPS) is 19.9. The first-order valence-electron chi connectivity index (χ1n) is 8.49. The van der Waals surface area contributed by atoms with Gasteiger partial charge in [-0.2, -0.15) is 0 Å². The molecule has 0 aliphatic carbocycles. The fourth-order valence-corrected chi connectivity index (χ4v) is 2.95. The largest absolute Gasteiger partial charge is 0.494 e. The minimum atomic E-state index is -0.318. The van der Waals surface area contributed by atoms with Gasteiger partial charge in [0, 0.05) is 18.3 Å². The molecule has 1 aliphatic rings. The lowest BCUT2D eigenvalue weighted by molar-refractivity contribution is 0.00578. The third-order valence-corrected chi connectivity index (χ3v) is 5.31. The molecule has 2 aromatic rings. The second kappa shape index (κ2) is 5.94. The van der Waals surface area contributed by atoms with E-state index < -0.39 is 0 Å². The van der Waals surface area contributed by atoms with E-state index in [9.17, 15) is 0 Å². The average molecular weight is 323 g/mol. The van der Waals surface area contributed by atoms with E-state index >= 15 is 0 Å². The molecule has 3 rings (SSSR count). The Hall–Kier alpha value is -1.78.